The van der Waals surface area contributed by atoms with Crippen LogP contribution in [0.5, 0.6) is 0 Å². The summed E-state index contributed by atoms with van der Waals surface area (Å²) in [5.74, 6) is 0. The molecule has 0 saturated carbocycles. The van der Waals surface area contributed by atoms with Gasteiger partial charge in [-0.05, 0) is 48.7 Å². The van der Waals surface area contributed by atoms with Crippen molar-refractivity contribution in [2.45, 2.75) is 13.8 Å². The third kappa shape index (κ3) is 3.29. The molecule has 0 amide bonds. The SMILES string of the molecule is Cc1ccc(C)c(-c2cc(-c3ccccc3)c3ccccc3n2)c1.Cl. The Labute approximate surface area is 154 Å². The van der Waals surface area contributed by atoms with Crippen LogP contribution >= 0.6 is 12.4 Å². The van der Waals surface area contributed by atoms with Crippen molar-refractivity contribution in [3.63, 3.8) is 0 Å². The molecule has 0 N–H and O–H groups in total. The van der Waals surface area contributed by atoms with E-state index in [0.717, 1.165) is 11.2 Å². The highest BCUT2D eigenvalue weighted by Gasteiger charge is 2.10. The van der Waals surface area contributed by atoms with Gasteiger partial charge in [0.05, 0.1) is 11.2 Å². The monoisotopic (exact) mass is 345 g/mol. The van der Waals surface area contributed by atoms with Crippen molar-refractivity contribution in [1.82, 2.24) is 4.98 Å². The highest BCUT2D eigenvalue weighted by atomic mass is 35.5. The second kappa shape index (κ2) is 7.08. The normalized spacial score (nSPS) is 10.5. The molecule has 25 heavy (non-hydrogen) atoms. The molecule has 0 saturated heterocycles. The van der Waals surface area contributed by atoms with E-state index >= 15 is 0 Å². The summed E-state index contributed by atoms with van der Waals surface area (Å²) >= 11 is 0. The number of hydrogen-bond donors (Lipinski definition) is 0. The Bertz CT molecular complexity index is 1020. The molecule has 0 aliphatic rings. The van der Waals surface area contributed by atoms with Gasteiger partial charge in [0.1, 0.15) is 0 Å². The van der Waals surface area contributed by atoms with Crippen molar-refractivity contribution in [3.8, 4) is 22.4 Å². The van der Waals surface area contributed by atoms with Gasteiger partial charge in [0, 0.05) is 10.9 Å². The van der Waals surface area contributed by atoms with E-state index in [1.807, 2.05) is 0 Å². The molecule has 0 aliphatic carbocycles. The Morgan fingerprint density at radius 3 is 2.20 bits per heavy atom. The number of nitrogens with zero attached hydrogens (tertiary/aromatic N) is 1. The summed E-state index contributed by atoms with van der Waals surface area (Å²) in [4.78, 5) is 4.93. The Balaban J connectivity index is 0.00000182. The van der Waals surface area contributed by atoms with Crippen molar-refractivity contribution in [2.24, 2.45) is 0 Å². The molecule has 1 nitrogen and oxygen atoms in total. The van der Waals surface area contributed by atoms with E-state index < -0.39 is 0 Å². The second-order valence-corrected chi connectivity index (χ2v) is 6.26. The van der Waals surface area contributed by atoms with E-state index in [9.17, 15) is 0 Å². The van der Waals surface area contributed by atoms with Gasteiger partial charge in [0.25, 0.3) is 0 Å². The Morgan fingerprint density at radius 1 is 0.680 bits per heavy atom. The summed E-state index contributed by atoms with van der Waals surface area (Å²) in [5.41, 5.74) is 8.25. The van der Waals surface area contributed by atoms with Crippen LogP contribution in [0.4, 0.5) is 0 Å². The largest absolute Gasteiger partial charge is 0.248 e. The summed E-state index contributed by atoms with van der Waals surface area (Å²) in [6.45, 7) is 4.27. The number of rotatable bonds is 2. The van der Waals surface area contributed by atoms with Gasteiger partial charge in [0.2, 0.25) is 0 Å². The molecule has 0 spiro atoms. The second-order valence-electron chi connectivity index (χ2n) is 6.26. The molecule has 1 aromatic heterocycles. The van der Waals surface area contributed by atoms with Crippen molar-refractivity contribution >= 4 is 23.3 Å². The van der Waals surface area contributed by atoms with Crippen molar-refractivity contribution in [1.29, 1.82) is 0 Å². The fourth-order valence-electron chi connectivity index (χ4n) is 3.18. The molecule has 124 valence electrons. The molecule has 0 aliphatic heterocycles. The van der Waals surface area contributed by atoms with Gasteiger partial charge < -0.3 is 0 Å². The van der Waals surface area contributed by atoms with Gasteiger partial charge in [0.15, 0.2) is 0 Å². The number of para-hydroxylation sites is 1. The van der Waals surface area contributed by atoms with Crippen molar-refractivity contribution in [2.75, 3.05) is 0 Å². The number of aromatic nitrogens is 1. The minimum Gasteiger partial charge on any atom is -0.248 e. The van der Waals surface area contributed by atoms with E-state index in [4.69, 9.17) is 4.98 Å². The maximum Gasteiger partial charge on any atom is 0.0718 e. The minimum absolute atomic E-state index is 0. The predicted molar refractivity (Wildman–Crippen MR) is 109 cm³/mol. The van der Waals surface area contributed by atoms with Crippen molar-refractivity contribution in [3.05, 3.63) is 90.0 Å². The van der Waals surface area contributed by atoms with Crippen LogP contribution in [0.3, 0.4) is 0 Å². The number of aryl methyl sites for hydroxylation is 2. The zero-order chi connectivity index (χ0) is 16.5. The molecular formula is C23H20ClN. The lowest BCUT2D eigenvalue weighted by atomic mass is 9.96. The van der Waals surface area contributed by atoms with Gasteiger partial charge in [-0.25, -0.2) is 4.98 Å². The van der Waals surface area contributed by atoms with Crippen LogP contribution in [0.2, 0.25) is 0 Å². The molecule has 4 aromatic rings. The fourth-order valence-corrected chi connectivity index (χ4v) is 3.18. The third-order valence-corrected chi connectivity index (χ3v) is 4.47. The van der Waals surface area contributed by atoms with E-state index in [2.05, 4.69) is 92.7 Å². The van der Waals surface area contributed by atoms with E-state index in [0.29, 0.717) is 0 Å². The van der Waals surface area contributed by atoms with Crippen LogP contribution in [0.15, 0.2) is 78.9 Å². The molecule has 1 heterocycles. The van der Waals surface area contributed by atoms with Crippen LogP contribution in [-0.2, 0) is 0 Å². The average molecular weight is 346 g/mol. The summed E-state index contributed by atoms with van der Waals surface area (Å²) < 4.78 is 0. The lowest BCUT2D eigenvalue weighted by Crippen LogP contribution is -1.92. The Morgan fingerprint density at radius 2 is 1.40 bits per heavy atom. The van der Waals surface area contributed by atoms with Crippen LogP contribution in [0.1, 0.15) is 11.1 Å². The molecule has 0 bridgehead atoms. The summed E-state index contributed by atoms with van der Waals surface area (Å²) in [5, 5.41) is 1.19. The van der Waals surface area contributed by atoms with Crippen LogP contribution in [0.25, 0.3) is 33.3 Å². The first-order chi connectivity index (χ1) is 11.7. The summed E-state index contributed by atoms with van der Waals surface area (Å²) in [6, 6.07) is 27.7. The lowest BCUT2D eigenvalue weighted by Gasteiger charge is -2.12. The Hall–Kier alpha value is -2.64. The molecule has 0 atom stereocenters. The van der Waals surface area contributed by atoms with Crippen molar-refractivity contribution < 1.29 is 0 Å². The van der Waals surface area contributed by atoms with Crippen LogP contribution in [0, 0.1) is 13.8 Å². The zero-order valence-electron chi connectivity index (χ0n) is 14.4. The highest BCUT2D eigenvalue weighted by molar-refractivity contribution is 5.96. The van der Waals surface area contributed by atoms with Crippen LogP contribution in [-0.4, -0.2) is 4.98 Å². The van der Waals surface area contributed by atoms with Gasteiger partial charge in [-0.1, -0.05) is 66.2 Å². The summed E-state index contributed by atoms with van der Waals surface area (Å²) in [6.07, 6.45) is 0. The van der Waals surface area contributed by atoms with E-state index in [-0.39, 0.29) is 12.4 Å². The zero-order valence-corrected chi connectivity index (χ0v) is 15.2. The lowest BCUT2D eigenvalue weighted by molar-refractivity contribution is 1.33. The maximum atomic E-state index is 4.93. The highest BCUT2D eigenvalue weighted by Crippen LogP contribution is 2.33. The van der Waals surface area contributed by atoms with Gasteiger partial charge in [-0.2, -0.15) is 0 Å². The molecule has 4 rings (SSSR count). The standard InChI is InChI=1S/C23H19N.ClH/c1-16-12-13-17(2)20(14-16)23-15-21(18-8-4-3-5-9-18)19-10-6-7-11-22(19)24-23;/h3-15H,1-2H3;1H. The number of halogens is 1. The fraction of sp³-hybridized carbons (Fsp3) is 0.0870. The average Bonchev–Trinajstić information content (AvgIpc) is 2.63. The number of pyridine rings is 1. The third-order valence-electron chi connectivity index (χ3n) is 4.47. The first-order valence-corrected chi connectivity index (χ1v) is 8.25. The summed E-state index contributed by atoms with van der Waals surface area (Å²) in [7, 11) is 0. The number of hydrogen-bond acceptors (Lipinski definition) is 1. The minimum atomic E-state index is 0. The Kier molecular flexibility index (Phi) is 4.87. The quantitative estimate of drug-likeness (QED) is 0.398. The van der Waals surface area contributed by atoms with E-state index in [1.165, 1.54) is 33.2 Å². The van der Waals surface area contributed by atoms with Gasteiger partial charge in [-0.3, -0.25) is 0 Å². The molecule has 0 unspecified atom stereocenters. The van der Waals surface area contributed by atoms with E-state index in [1.54, 1.807) is 0 Å². The molecule has 0 radical (unpaired) electrons. The maximum absolute atomic E-state index is 4.93. The number of fused-ring (bicyclic) bond motifs is 1. The number of benzene rings is 3. The molecule has 3 aromatic carbocycles. The topological polar surface area (TPSA) is 12.9 Å². The molecule has 2 heteroatoms. The molecule has 0 fully saturated rings. The first kappa shape index (κ1) is 17.2. The first-order valence-electron chi connectivity index (χ1n) is 8.25. The van der Waals surface area contributed by atoms with Gasteiger partial charge >= 0.3 is 0 Å². The smallest absolute Gasteiger partial charge is 0.0718 e. The predicted octanol–water partition coefficient (Wildman–Crippen LogP) is 6.61. The van der Waals surface area contributed by atoms with Gasteiger partial charge in [-0.15, -0.1) is 12.4 Å². The van der Waals surface area contributed by atoms with Crippen LogP contribution < -0.4 is 0 Å². The molecular weight excluding hydrogens is 326 g/mol.